The molecular formula is C15H23Cl2N3O. The van der Waals surface area contributed by atoms with Crippen molar-refractivity contribution in [3.63, 3.8) is 0 Å². The summed E-state index contributed by atoms with van der Waals surface area (Å²) in [6.45, 7) is 3.56. The van der Waals surface area contributed by atoms with Crippen LogP contribution in [-0.4, -0.2) is 30.4 Å². The number of benzene rings is 1. The van der Waals surface area contributed by atoms with Crippen LogP contribution in [0.25, 0.3) is 0 Å². The second-order valence-electron chi connectivity index (χ2n) is 5.75. The highest BCUT2D eigenvalue weighted by molar-refractivity contribution is 5.86. The van der Waals surface area contributed by atoms with E-state index >= 15 is 0 Å². The van der Waals surface area contributed by atoms with E-state index < -0.39 is 0 Å². The average molecular weight is 332 g/mol. The van der Waals surface area contributed by atoms with E-state index in [-0.39, 0.29) is 30.2 Å². The summed E-state index contributed by atoms with van der Waals surface area (Å²) in [5, 5.41) is 3.34. The van der Waals surface area contributed by atoms with Gasteiger partial charge in [-0.25, -0.2) is 0 Å². The number of hydrogen-bond acceptors (Lipinski definition) is 3. The summed E-state index contributed by atoms with van der Waals surface area (Å²) < 4.78 is 0. The summed E-state index contributed by atoms with van der Waals surface area (Å²) in [5.41, 5.74) is 7.55. The molecule has 6 heteroatoms. The van der Waals surface area contributed by atoms with Gasteiger partial charge < -0.3 is 16.0 Å². The fourth-order valence-corrected chi connectivity index (χ4v) is 3.26. The van der Waals surface area contributed by atoms with E-state index in [9.17, 15) is 4.79 Å². The lowest BCUT2D eigenvalue weighted by molar-refractivity contribution is -0.137. The molecule has 1 aromatic rings. The monoisotopic (exact) mass is 331 g/mol. The van der Waals surface area contributed by atoms with Gasteiger partial charge in [-0.05, 0) is 50.0 Å². The maximum Gasteiger partial charge on any atom is 0.229 e. The first-order chi connectivity index (χ1) is 9.20. The molecular weight excluding hydrogens is 309 g/mol. The van der Waals surface area contributed by atoms with Crippen molar-refractivity contribution in [2.45, 2.75) is 25.8 Å². The van der Waals surface area contributed by atoms with E-state index in [1.54, 1.807) is 0 Å². The Morgan fingerprint density at radius 1 is 1.10 bits per heavy atom. The molecule has 1 aromatic carbocycles. The first-order valence-electron chi connectivity index (χ1n) is 7.04. The van der Waals surface area contributed by atoms with Crippen LogP contribution < -0.4 is 11.1 Å². The van der Waals surface area contributed by atoms with Gasteiger partial charge in [0.25, 0.3) is 0 Å². The number of hydrogen-bond donors (Lipinski definition) is 2. The lowest BCUT2D eigenvalue weighted by Crippen LogP contribution is -2.42. The summed E-state index contributed by atoms with van der Waals surface area (Å²) in [5.74, 6) is 0.353. The smallest absolute Gasteiger partial charge is 0.229 e. The summed E-state index contributed by atoms with van der Waals surface area (Å²) >= 11 is 0. The van der Waals surface area contributed by atoms with Gasteiger partial charge in [-0.1, -0.05) is 12.1 Å². The van der Waals surface area contributed by atoms with Crippen molar-refractivity contribution in [1.82, 2.24) is 10.2 Å². The first kappa shape index (κ1) is 18.1. The molecule has 0 saturated carbocycles. The van der Waals surface area contributed by atoms with Gasteiger partial charge in [0.05, 0.1) is 5.41 Å². The number of nitrogens with one attached hydrogen (secondary N) is 1. The largest absolute Gasteiger partial charge is 0.399 e. The molecule has 1 amide bonds. The average Bonchev–Trinajstić information content (AvgIpc) is 2.72. The van der Waals surface area contributed by atoms with Gasteiger partial charge in [-0.3, -0.25) is 4.79 Å². The Bertz CT molecular complexity index is 472. The van der Waals surface area contributed by atoms with Crippen molar-refractivity contribution < 1.29 is 4.79 Å². The van der Waals surface area contributed by atoms with E-state index in [4.69, 9.17) is 5.73 Å². The fraction of sp³-hybridized carbons (Fsp3) is 0.533. The second-order valence-corrected chi connectivity index (χ2v) is 5.75. The Morgan fingerprint density at radius 3 is 2.33 bits per heavy atom. The number of nitrogen functional groups attached to an aromatic ring is 1. The first-order valence-corrected chi connectivity index (χ1v) is 7.04. The number of nitrogens with zero attached hydrogens (tertiary/aromatic N) is 1. The minimum absolute atomic E-state index is 0. The van der Waals surface area contributed by atoms with E-state index in [0.717, 1.165) is 50.1 Å². The van der Waals surface area contributed by atoms with Crippen LogP contribution >= 0.6 is 24.8 Å². The van der Waals surface area contributed by atoms with Crippen molar-refractivity contribution >= 4 is 36.4 Å². The molecule has 2 aliphatic rings. The zero-order valence-electron chi connectivity index (χ0n) is 12.0. The number of piperidine rings is 1. The highest BCUT2D eigenvalue weighted by Crippen LogP contribution is 2.40. The number of anilines is 1. The highest BCUT2D eigenvalue weighted by atomic mass is 35.5. The van der Waals surface area contributed by atoms with Crippen LogP contribution in [0.4, 0.5) is 5.69 Å². The SMILES string of the molecule is Cl.Cl.Nc1ccc(CN2CCC3(CCNCC3)C2=O)cc1. The Morgan fingerprint density at radius 2 is 1.71 bits per heavy atom. The highest BCUT2D eigenvalue weighted by Gasteiger charge is 2.46. The van der Waals surface area contributed by atoms with Crippen molar-refractivity contribution in [2.24, 2.45) is 5.41 Å². The van der Waals surface area contributed by atoms with E-state index in [1.165, 1.54) is 0 Å². The standard InChI is InChI=1S/C15H21N3O.2ClH/c16-13-3-1-12(2-4-13)11-18-10-7-15(14(18)19)5-8-17-9-6-15;;/h1-4,17H,5-11,16H2;2*1H. The third-order valence-corrected chi connectivity index (χ3v) is 4.51. The van der Waals surface area contributed by atoms with Gasteiger partial charge in [0.1, 0.15) is 0 Å². The molecule has 0 bridgehead atoms. The third-order valence-electron chi connectivity index (χ3n) is 4.51. The van der Waals surface area contributed by atoms with Crippen LogP contribution in [0.3, 0.4) is 0 Å². The topological polar surface area (TPSA) is 58.4 Å². The van der Waals surface area contributed by atoms with Gasteiger partial charge in [0.15, 0.2) is 0 Å². The quantitative estimate of drug-likeness (QED) is 0.817. The Labute approximate surface area is 138 Å². The fourth-order valence-electron chi connectivity index (χ4n) is 3.26. The van der Waals surface area contributed by atoms with Crippen molar-refractivity contribution in [2.75, 3.05) is 25.4 Å². The van der Waals surface area contributed by atoms with Crippen molar-refractivity contribution in [1.29, 1.82) is 0 Å². The number of carbonyl (C=O) groups excluding carboxylic acids is 1. The zero-order valence-corrected chi connectivity index (χ0v) is 13.6. The maximum atomic E-state index is 12.6. The second kappa shape index (κ2) is 7.34. The molecule has 4 nitrogen and oxygen atoms in total. The van der Waals surface area contributed by atoms with Crippen LogP contribution in [0.1, 0.15) is 24.8 Å². The molecule has 3 N–H and O–H groups in total. The predicted octanol–water partition coefficient (Wildman–Crippen LogP) is 2.21. The van der Waals surface area contributed by atoms with E-state index in [1.807, 2.05) is 29.2 Å². The summed E-state index contributed by atoms with van der Waals surface area (Å²) in [7, 11) is 0. The minimum Gasteiger partial charge on any atom is -0.399 e. The van der Waals surface area contributed by atoms with Crippen LogP contribution in [0, 0.1) is 5.41 Å². The lowest BCUT2D eigenvalue weighted by atomic mass is 9.78. The molecule has 0 radical (unpaired) electrons. The van der Waals surface area contributed by atoms with Gasteiger partial charge in [-0.15, -0.1) is 24.8 Å². The Balaban J connectivity index is 0.00000110. The molecule has 0 aliphatic carbocycles. The molecule has 0 aromatic heterocycles. The molecule has 118 valence electrons. The van der Waals surface area contributed by atoms with Crippen LogP contribution in [-0.2, 0) is 11.3 Å². The number of nitrogens with two attached hydrogens (primary N) is 1. The number of likely N-dealkylation sites (tertiary alicyclic amines) is 1. The molecule has 21 heavy (non-hydrogen) atoms. The number of halogens is 2. The molecule has 3 rings (SSSR count). The van der Waals surface area contributed by atoms with E-state index in [0.29, 0.717) is 12.5 Å². The van der Waals surface area contributed by atoms with Gasteiger partial charge in [0.2, 0.25) is 5.91 Å². The number of rotatable bonds is 2. The number of amides is 1. The van der Waals surface area contributed by atoms with Crippen LogP contribution in [0.2, 0.25) is 0 Å². The molecule has 0 atom stereocenters. The van der Waals surface area contributed by atoms with Gasteiger partial charge in [-0.2, -0.15) is 0 Å². The van der Waals surface area contributed by atoms with Gasteiger partial charge >= 0.3 is 0 Å². The lowest BCUT2D eigenvalue weighted by Gasteiger charge is -2.32. The predicted molar refractivity (Wildman–Crippen MR) is 89.9 cm³/mol. The summed E-state index contributed by atoms with van der Waals surface area (Å²) in [6.07, 6.45) is 3.00. The van der Waals surface area contributed by atoms with Gasteiger partial charge in [0, 0.05) is 18.8 Å². The Kier molecular flexibility index (Phi) is 6.32. The minimum atomic E-state index is -0.0704. The third kappa shape index (κ3) is 3.62. The summed E-state index contributed by atoms with van der Waals surface area (Å²) in [6, 6.07) is 7.82. The van der Waals surface area contributed by atoms with Crippen LogP contribution in [0.15, 0.2) is 24.3 Å². The zero-order chi connectivity index (χ0) is 13.3. The molecule has 2 saturated heterocycles. The van der Waals surface area contributed by atoms with Crippen LogP contribution in [0.5, 0.6) is 0 Å². The maximum absolute atomic E-state index is 12.6. The summed E-state index contributed by atoms with van der Waals surface area (Å²) in [4.78, 5) is 14.6. The molecule has 2 heterocycles. The molecule has 2 aliphatic heterocycles. The number of carbonyl (C=O) groups is 1. The van der Waals surface area contributed by atoms with E-state index in [2.05, 4.69) is 5.32 Å². The van der Waals surface area contributed by atoms with Crippen molar-refractivity contribution in [3.8, 4) is 0 Å². The Hall–Kier alpha value is -0.970. The normalized spacial score (nSPS) is 20.0. The van der Waals surface area contributed by atoms with Crippen molar-refractivity contribution in [3.05, 3.63) is 29.8 Å². The molecule has 2 fully saturated rings. The molecule has 0 unspecified atom stereocenters. The molecule has 1 spiro atoms.